The Morgan fingerprint density at radius 3 is 1.60 bits per heavy atom. The van der Waals surface area contributed by atoms with Crippen LogP contribution in [0.1, 0.15) is 27.7 Å². The minimum absolute atomic E-state index is 0.715. The molecule has 0 aromatic carbocycles. The molecule has 0 aromatic heterocycles. The van der Waals surface area contributed by atoms with Crippen LogP contribution in [-0.2, 0) is 0 Å². The molecule has 3 rings (SSSR count). The van der Waals surface area contributed by atoms with Crippen LogP contribution >= 0.6 is 0 Å². The lowest BCUT2D eigenvalue weighted by Crippen LogP contribution is -2.71. The van der Waals surface area contributed by atoms with Gasteiger partial charge in [0.2, 0.25) is 0 Å². The monoisotopic (exact) mass is 280 g/mol. The van der Waals surface area contributed by atoms with Crippen molar-refractivity contribution in [2.24, 2.45) is 0 Å². The zero-order valence-electron chi connectivity index (χ0n) is 13.8. The summed E-state index contributed by atoms with van der Waals surface area (Å²) in [4.78, 5) is 10.6. The largest absolute Gasteiger partial charge is 0.298 e. The highest BCUT2D eigenvalue weighted by Gasteiger charge is 2.41. The Hall–Kier alpha value is -0.160. The van der Waals surface area contributed by atoms with Gasteiger partial charge in [0.1, 0.15) is 0 Å². The van der Waals surface area contributed by atoms with Crippen molar-refractivity contribution in [1.29, 1.82) is 0 Å². The zero-order chi connectivity index (χ0) is 14.3. The highest BCUT2D eigenvalue weighted by Crippen LogP contribution is 2.25. The first-order chi connectivity index (χ1) is 9.54. The Bertz CT molecular complexity index is 310. The predicted octanol–water partition coefficient (Wildman–Crippen LogP) is 0.789. The molecule has 20 heavy (non-hydrogen) atoms. The van der Waals surface area contributed by atoms with E-state index < -0.39 is 0 Å². The van der Waals surface area contributed by atoms with E-state index in [4.69, 9.17) is 0 Å². The van der Waals surface area contributed by atoms with E-state index in [0.717, 1.165) is 18.1 Å². The van der Waals surface area contributed by atoms with Crippen LogP contribution in [-0.4, -0.2) is 96.1 Å². The van der Waals surface area contributed by atoms with E-state index in [1.807, 2.05) is 0 Å². The molecule has 3 aliphatic rings. The van der Waals surface area contributed by atoms with Gasteiger partial charge >= 0.3 is 0 Å². The van der Waals surface area contributed by atoms with Gasteiger partial charge in [0, 0.05) is 76.5 Å². The van der Waals surface area contributed by atoms with Gasteiger partial charge in [0.25, 0.3) is 0 Å². The van der Waals surface area contributed by atoms with Crippen molar-refractivity contribution in [2.45, 2.75) is 51.9 Å². The van der Waals surface area contributed by atoms with Crippen LogP contribution in [0.2, 0.25) is 0 Å². The van der Waals surface area contributed by atoms with Gasteiger partial charge in [0.05, 0.1) is 0 Å². The fourth-order valence-electron chi connectivity index (χ4n) is 3.78. The molecule has 0 aliphatic carbocycles. The van der Waals surface area contributed by atoms with Crippen LogP contribution in [0.25, 0.3) is 0 Å². The summed E-state index contributed by atoms with van der Waals surface area (Å²) >= 11 is 0. The number of nitrogens with zero attached hydrogens (tertiary/aromatic N) is 4. The third-order valence-corrected chi connectivity index (χ3v) is 5.62. The maximum absolute atomic E-state index is 2.73. The molecule has 0 atom stereocenters. The highest BCUT2D eigenvalue weighted by molar-refractivity contribution is 4.99. The lowest BCUT2D eigenvalue weighted by atomic mass is 9.97. The van der Waals surface area contributed by atoms with Crippen molar-refractivity contribution in [3.8, 4) is 0 Å². The topological polar surface area (TPSA) is 13.0 Å². The summed E-state index contributed by atoms with van der Waals surface area (Å²) in [6, 6.07) is 3.14. The quantitative estimate of drug-likeness (QED) is 0.755. The number of piperazine rings is 1. The SMILES string of the molecule is CC(C)N1CCN(C2CN(C3CN(C(C)C)C3)C2)CC1. The molecule has 3 aliphatic heterocycles. The molecule has 0 unspecified atom stereocenters. The summed E-state index contributed by atoms with van der Waals surface area (Å²) in [5.74, 6) is 0. The molecule has 0 aromatic rings. The minimum Gasteiger partial charge on any atom is -0.298 e. The Morgan fingerprint density at radius 1 is 0.600 bits per heavy atom. The van der Waals surface area contributed by atoms with Gasteiger partial charge in [-0.25, -0.2) is 0 Å². The Morgan fingerprint density at radius 2 is 1.10 bits per heavy atom. The molecule has 3 saturated heterocycles. The standard InChI is InChI=1S/C16H32N4/c1-13(2)17-5-7-18(8-6-17)15-11-20(12-15)16-9-19(10-16)14(3)4/h13-16H,5-12H2,1-4H3. The van der Waals surface area contributed by atoms with Crippen LogP contribution < -0.4 is 0 Å². The first-order valence-corrected chi connectivity index (χ1v) is 8.51. The van der Waals surface area contributed by atoms with E-state index in [2.05, 4.69) is 47.3 Å². The molecule has 0 amide bonds. The van der Waals surface area contributed by atoms with E-state index in [1.165, 1.54) is 52.4 Å². The maximum atomic E-state index is 2.73. The smallest absolute Gasteiger partial charge is 0.0352 e. The van der Waals surface area contributed by atoms with Crippen molar-refractivity contribution < 1.29 is 0 Å². The van der Waals surface area contributed by atoms with E-state index in [0.29, 0.717) is 6.04 Å². The van der Waals surface area contributed by atoms with Crippen molar-refractivity contribution in [3.63, 3.8) is 0 Å². The van der Waals surface area contributed by atoms with Gasteiger partial charge in [0.15, 0.2) is 0 Å². The van der Waals surface area contributed by atoms with Crippen LogP contribution in [0.4, 0.5) is 0 Å². The van der Waals surface area contributed by atoms with Gasteiger partial charge in [-0.1, -0.05) is 0 Å². The van der Waals surface area contributed by atoms with Crippen molar-refractivity contribution in [1.82, 2.24) is 19.6 Å². The van der Waals surface area contributed by atoms with Gasteiger partial charge in [-0.05, 0) is 27.7 Å². The molecule has 116 valence electrons. The van der Waals surface area contributed by atoms with Gasteiger partial charge in [-0.15, -0.1) is 0 Å². The summed E-state index contributed by atoms with van der Waals surface area (Å²) in [7, 11) is 0. The van der Waals surface area contributed by atoms with Crippen LogP contribution in [0, 0.1) is 0 Å². The molecular formula is C16H32N4. The molecule has 3 fully saturated rings. The third kappa shape index (κ3) is 2.89. The second-order valence-corrected chi connectivity index (χ2v) is 7.47. The summed E-state index contributed by atoms with van der Waals surface area (Å²) in [5, 5.41) is 0. The third-order valence-electron chi connectivity index (χ3n) is 5.62. The molecule has 4 nitrogen and oxygen atoms in total. The molecular weight excluding hydrogens is 248 g/mol. The highest BCUT2D eigenvalue weighted by atomic mass is 15.4. The lowest BCUT2D eigenvalue weighted by molar-refractivity contribution is -0.0685. The van der Waals surface area contributed by atoms with Crippen molar-refractivity contribution in [3.05, 3.63) is 0 Å². The number of rotatable bonds is 4. The number of likely N-dealkylation sites (tertiary alicyclic amines) is 2. The Kier molecular flexibility index (Phi) is 4.37. The van der Waals surface area contributed by atoms with E-state index in [-0.39, 0.29) is 0 Å². The average molecular weight is 280 g/mol. The number of hydrogen-bond acceptors (Lipinski definition) is 4. The summed E-state index contributed by atoms with van der Waals surface area (Å²) < 4.78 is 0. The number of hydrogen-bond donors (Lipinski definition) is 0. The van der Waals surface area contributed by atoms with Crippen LogP contribution in [0.5, 0.6) is 0 Å². The summed E-state index contributed by atoms with van der Waals surface area (Å²) in [5.41, 5.74) is 0. The maximum Gasteiger partial charge on any atom is 0.0352 e. The average Bonchev–Trinajstić information content (AvgIpc) is 2.30. The summed E-state index contributed by atoms with van der Waals surface area (Å²) in [6.07, 6.45) is 0. The second kappa shape index (κ2) is 5.91. The Balaban J connectivity index is 1.35. The first-order valence-electron chi connectivity index (χ1n) is 8.51. The van der Waals surface area contributed by atoms with Crippen molar-refractivity contribution >= 4 is 0 Å². The predicted molar refractivity (Wildman–Crippen MR) is 84.1 cm³/mol. The first kappa shape index (κ1) is 14.8. The molecule has 4 heteroatoms. The van der Waals surface area contributed by atoms with Crippen LogP contribution in [0.3, 0.4) is 0 Å². The second-order valence-electron chi connectivity index (χ2n) is 7.47. The molecule has 0 spiro atoms. The molecule has 3 heterocycles. The Labute approximate surface area is 124 Å². The van der Waals surface area contributed by atoms with Crippen LogP contribution in [0.15, 0.2) is 0 Å². The fourth-order valence-corrected chi connectivity index (χ4v) is 3.78. The molecule has 0 radical (unpaired) electrons. The zero-order valence-corrected chi connectivity index (χ0v) is 13.8. The lowest BCUT2D eigenvalue weighted by Gasteiger charge is -2.56. The van der Waals surface area contributed by atoms with Gasteiger partial charge in [-0.2, -0.15) is 0 Å². The minimum atomic E-state index is 0.715. The summed E-state index contributed by atoms with van der Waals surface area (Å²) in [6.45, 7) is 19.6. The van der Waals surface area contributed by atoms with E-state index in [9.17, 15) is 0 Å². The van der Waals surface area contributed by atoms with Crippen molar-refractivity contribution in [2.75, 3.05) is 52.4 Å². The van der Waals surface area contributed by atoms with Gasteiger partial charge < -0.3 is 0 Å². The van der Waals surface area contributed by atoms with E-state index in [1.54, 1.807) is 0 Å². The molecule has 0 N–H and O–H groups in total. The van der Waals surface area contributed by atoms with Gasteiger partial charge in [-0.3, -0.25) is 19.6 Å². The molecule has 0 bridgehead atoms. The van der Waals surface area contributed by atoms with E-state index >= 15 is 0 Å². The molecule has 0 saturated carbocycles. The fraction of sp³-hybridized carbons (Fsp3) is 1.00. The normalized spacial score (nSPS) is 29.1.